The summed E-state index contributed by atoms with van der Waals surface area (Å²) >= 11 is 0. The minimum absolute atomic E-state index is 0. The van der Waals surface area contributed by atoms with Crippen molar-refractivity contribution < 1.29 is 76.5 Å². The second-order valence-electron chi connectivity index (χ2n) is 12.1. The molecular weight excluding hydrogens is 993 g/mol. The van der Waals surface area contributed by atoms with E-state index in [2.05, 4.69) is 121 Å². The van der Waals surface area contributed by atoms with Crippen molar-refractivity contribution in [2.75, 3.05) is 0 Å². The van der Waals surface area contributed by atoms with E-state index in [1.165, 1.54) is 33.4 Å². The van der Waals surface area contributed by atoms with Crippen LogP contribution >= 0.6 is 0 Å². The Bertz CT molecular complexity index is 1140. The van der Waals surface area contributed by atoms with Crippen LogP contribution in [-0.2, 0) is 51.7 Å². The Morgan fingerprint density at radius 3 is 0.875 bits per heavy atom. The number of hydrogen-bond donors (Lipinski definition) is 0. The van der Waals surface area contributed by atoms with Gasteiger partial charge >= 0.3 is 0 Å². The molecule has 0 amide bonds. The van der Waals surface area contributed by atoms with Crippen LogP contribution < -0.4 is 24.8 Å². The third kappa shape index (κ3) is 24.0. The van der Waals surface area contributed by atoms with Crippen molar-refractivity contribution in [3.63, 3.8) is 0 Å². The van der Waals surface area contributed by atoms with Crippen LogP contribution in [0.5, 0.6) is 0 Å². The number of benzene rings is 2. The topological polar surface area (TPSA) is 47.6 Å². The first-order valence-electron chi connectivity index (χ1n) is 15.9. The van der Waals surface area contributed by atoms with Gasteiger partial charge in [-0.2, -0.15) is 22.3 Å². The van der Waals surface area contributed by atoms with Crippen LogP contribution in [0.25, 0.3) is 11.5 Å². The van der Waals surface area contributed by atoms with Crippen molar-refractivity contribution in [3.8, 4) is 0 Å². The maximum Gasteiger partial charge on any atom is 0.0307 e. The van der Waals surface area contributed by atoms with Crippen LogP contribution in [-0.4, -0.2) is 19.0 Å². The molecule has 268 valence electrons. The largest absolute Gasteiger partial charge is 1.00 e. The Hall–Kier alpha value is -0.246. The zero-order valence-electron chi connectivity index (χ0n) is 32.7. The predicted molar refractivity (Wildman–Crippen MR) is 204 cm³/mol. The van der Waals surface area contributed by atoms with Crippen molar-refractivity contribution in [1.29, 1.82) is 0 Å². The molecule has 0 aliphatic heterocycles. The molecule has 2 aromatic rings. The van der Waals surface area contributed by atoms with Gasteiger partial charge in [0.25, 0.3) is 0 Å². The number of rotatable bonds is 2. The molecule has 2 unspecified atom stereocenters. The minimum Gasteiger partial charge on any atom is -1.00 e. The molecule has 0 heterocycles. The normalized spacial score (nSPS) is 15.2. The molecule has 2 nitrogen and oxygen atoms in total. The Kier molecular flexibility index (Phi) is 42.3. The van der Waals surface area contributed by atoms with E-state index in [1.54, 1.807) is 0 Å². The van der Waals surface area contributed by atoms with E-state index < -0.39 is 0 Å². The third-order valence-electron chi connectivity index (χ3n) is 7.64. The molecule has 2 atom stereocenters. The monoisotopic (exact) mass is 1060 g/mol. The fourth-order valence-electron chi connectivity index (χ4n) is 4.32. The zero-order valence-corrected chi connectivity index (χ0v) is 43.4. The van der Waals surface area contributed by atoms with Crippen molar-refractivity contribution in [2.24, 2.45) is 11.8 Å². The van der Waals surface area contributed by atoms with E-state index >= 15 is 0 Å². The summed E-state index contributed by atoms with van der Waals surface area (Å²) in [7, 11) is 2.17. The SMILES string of the molecule is CC(C)c1ccccc1[NH-].CC(C)c1ccccc1[NH-].CC1=[C-]C(C)C(C)=C1C.CC1=[C-]C(C)C(C)=C1C.C[Si]C.C[Si]C.[Cl-].[Cl-].[Hf].[Hf]. The average molecular weight is 1060 g/mol. The molecule has 0 bridgehead atoms. The van der Waals surface area contributed by atoms with Crippen LogP contribution in [0.2, 0.25) is 26.2 Å². The summed E-state index contributed by atoms with van der Waals surface area (Å²) < 4.78 is 0. The molecule has 48 heavy (non-hydrogen) atoms. The van der Waals surface area contributed by atoms with Gasteiger partial charge in [0.15, 0.2) is 0 Å². The number of halogens is 2. The van der Waals surface area contributed by atoms with Gasteiger partial charge in [-0.25, -0.2) is 11.1 Å². The molecule has 0 saturated heterocycles. The summed E-state index contributed by atoms with van der Waals surface area (Å²) in [6, 6.07) is 15.4. The molecule has 8 heteroatoms. The Labute approximate surface area is 353 Å². The summed E-state index contributed by atoms with van der Waals surface area (Å²) in [5.74, 6) is 2.05. The van der Waals surface area contributed by atoms with Gasteiger partial charge in [0.05, 0.1) is 0 Å². The van der Waals surface area contributed by atoms with Crippen LogP contribution in [0.15, 0.2) is 82.0 Å². The van der Waals surface area contributed by atoms with Gasteiger partial charge in [0, 0.05) is 70.7 Å². The quantitative estimate of drug-likeness (QED) is 0.217. The van der Waals surface area contributed by atoms with Gasteiger partial charge in [0.2, 0.25) is 0 Å². The maximum absolute atomic E-state index is 7.50. The Morgan fingerprint density at radius 1 is 0.542 bits per heavy atom. The second kappa shape index (κ2) is 33.9. The van der Waals surface area contributed by atoms with E-state index in [9.17, 15) is 0 Å². The van der Waals surface area contributed by atoms with Gasteiger partial charge in [-0.1, -0.05) is 167 Å². The fourth-order valence-corrected chi connectivity index (χ4v) is 4.32. The van der Waals surface area contributed by atoms with Gasteiger partial charge in [-0.15, -0.1) is 25.2 Å². The zero-order chi connectivity index (χ0) is 34.6. The van der Waals surface area contributed by atoms with Crippen LogP contribution in [0.3, 0.4) is 0 Å². The predicted octanol–water partition coefficient (Wildman–Crippen LogP) is 8.01. The molecular formula is C40H62Cl2Hf2N2Si2-6. The standard InChI is InChI=1S/2C9H12N.2C9H13.2C2H6Si.2ClH.2Hf/c2*1-7(2)8-5-3-4-6-9(8)10;2*1-6-5-7(2)9(4)8(6)3;2*1-3-2;;;;/h2*3-7,10H,1-2H3;2*6H,1-4H3;2*1-2H3;2*1H;;/q4*-1;;;;;;/p-2. The molecule has 0 spiro atoms. The number of hydrogen-bond acceptors (Lipinski definition) is 0. The summed E-state index contributed by atoms with van der Waals surface area (Å²) in [5, 5.41) is 0. The molecule has 0 saturated carbocycles. The van der Waals surface area contributed by atoms with Crippen molar-refractivity contribution in [2.45, 2.75) is 121 Å². The van der Waals surface area contributed by atoms with Crippen molar-refractivity contribution in [3.05, 3.63) is 117 Å². The van der Waals surface area contributed by atoms with E-state index in [-0.39, 0.29) is 76.5 Å². The van der Waals surface area contributed by atoms with Gasteiger partial charge in [-0.05, 0) is 11.8 Å². The first-order chi connectivity index (χ1) is 20.5. The molecule has 2 aromatic carbocycles. The Morgan fingerprint density at radius 2 is 0.771 bits per heavy atom. The molecule has 4 radical (unpaired) electrons. The fraction of sp³-hybridized carbons (Fsp3) is 0.500. The molecule has 2 aliphatic carbocycles. The van der Waals surface area contributed by atoms with Crippen LogP contribution in [0.4, 0.5) is 11.4 Å². The summed E-state index contributed by atoms with van der Waals surface area (Å²) in [6.45, 7) is 34.4. The third-order valence-corrected chi connectivity index (χ3v) is 7.64. The summed E-state index contributed by atoms with van der Waals surface area (Å²) in [5.41, 5.74) is 27.0. The number of nitrogens with one attached hydrogen (secondary N) is 2. The molecule has 0 fully saturated rings. The maximum atomic E-state index is 7.50. The van der Waals surface area contributed by atoms with E-state index in [0.29, 0.717) is 35.0 Å². The van der Waals surface area contributed by atoms with Crippen molar-refractivity contribution >= 4 is 30.4 Å². The first kappa shape index (κ1) is 59.9. The van der Waals surface area contributed by atoms with Gasteiger partial charge < -0.3 is 36.3 Å². The average Bonchev–Trinajstić information content (AvgIpc) is 3.32. The smallest absolute Gasteiger partial charge is 0.0307 e. The van der Waals surface area contributed by atoms with Crippen molar-refractivity contribution in [1.82, 2.24) is 0 Å². The molecule has 0 aromatic heterocycles. The minimum atomic E-state index is 0. The molecule has 2 aliphatic rings. The summed E-state index contributed by atoms with van der Waals surface area (Å²) in [4.78, 5) is 0. The van der Waals surface area contributed by atoms with Gasteiger partial charge in [-0.3, -0.25) is 12.2 Å². The summed E-state index contributed by atoms with van der Waals surface area (Å²) in [6.07, 6.45) is 6.72. The molecule has 2 N–H and O–H groups in total. The van der Waals surface area contributed by atoms with Crippen LogP contribution in [0, 0.1) is 24.0 Å². The Balaban J connectivity index is -0.000000113. The molecule has 4 rings (SSSR count). The van der Waals surface area contributed by atoms with Crippen LogP contribution in [0.1, 0.15) is 106 Å². The van der Waals surface area contributed by atoms with E-state index in [0.717, 1.165) is 30.2 Å². The number of allylic oxidation sites excluding steroid dienone is 8. The van der Waals surface area contributed by atoms with E-state index in [1.807, 2.05) is 48.5 Å². The second-order valence-corrected chi connectivity index (χ2v) is 14.1. The van der Waals surface area contributed by atoms with E-state index in [4.69, 9.17) is 11.5 Å². The van der Waals surface area contributed by atoms with Gasteiger partial charge in [0.1, 0.15) is 0 Å². The first-order valence-corrected chi connectivity index (χ1v) is 19.9.